The van der Waals surface area contributed by atoms with Crippen molar-refractivity contribution in [3.63, 3.8) is 0 Å². The molecule has 1 saturated heterocycles. The Hall–Kier alpha value is 0.180. The molecule has 108 valence electrons. The maximum atomic E-state index is 12.0. The molecule has 0 spiro atoms. The summed E-state index contributed by atoms with van der Waals surface area (Å²) < 4.78 is 28.0. The van der Waals surface area contributed by atoms with E-state index in [0.717, 1.165) is 37.3 Å². The SMILES string of the molecule is CNCCCN(C)S(=O)(=O)NCC1CCSCC1. The van der Waals surface area contributed by atoms with E-state index in [1.165, 1.54) is 4.31 Å². The van der Waals surface area contributed by atoms with Gasteiger partial charge in [0.25, 0.3) is 10.2 Å². The van der Waals surface area contributed by atoms with Crippen LogP contribution in [0.2, 0.25) is 0 Å². The van der Waals surface area contributed by atoms with Gasteiger partial charge in [-0.15, -0.1) is 0 Å². The second kappa shape index (κ2) is 8.37. The van der Waals surface area contributed by atoms with Crippen LogP contribution in [0.5, 0.6) is 0 Å². The molecule has 0 saturated carbocycles. The van der Waals surface area contributed by atoms with Gasteiger partial charge in [0.05, 0.1) is 0 Å². The van der Waals surface area contributed by atoms with Crippen LogP contribution in [0.25, 0.3) is 0 Å². The Labute approximate surface area is 115 Å². The minimum Gasteiger partial charge on any atom is -0.320 e. The summed E-state index contributed by atoms with van der Waals surface area (Å²) in [6, 6.07) is 0. The van der Waals surface area contributed by atoms with Gasteiger partial charge >= 0.3 is 0 Å². The molecule has 0 atom stereocenters. The molecule has 1 rings (SSSR count). The van der Waals surface area contributed by atoms with Crippen molar-refractivity contribution in [2.24, 2.45) is 5.92 Å². The van der Waals surface area contributed by atoms with Crippen molar-refractivity contribution >= 4 is 22.0 Å². The third kappa shape index (κ3) is 5.88. The molecule has 1 aliphatic rings. The lowest BCUT2D eigenvalue weighted by Crippen LogP contribution is -2.41. The van der Waals surface area contributed by atoms with Gasteiger partial charge in [0, 0.05) is 20.1 Å². The van der Waals surface area contributed by atoms with E-state index in [1.807, 2.05) is 18.8 Å². The fourth-order valence-electron chi connectivity index (χ4n) is 1.88. The molecule has 0 aromatic heterocycles. The van der Waals surface area contributed by atoms with Crippen LogP contribution in [0.4, 0.5) is 0 Å². The Morgan fingerprint density at radius 3 is 2.61 bits per heavy atom. The Morgan fingerprint density at radius 1 is 1.33 bits per heavy atom. The summed E-state index contributed by atoms with van der Waals surface area (Å²) in [6.07, 6.45) is 3.07. The maximum Gasteiger partial charge on any atom is 0.279 e. The van der Waals surface area contributed by atoms with E-state index in [-0.39, 0.29) is 0 Å². The van der Waals surface area contributed by atoms with E-state index in [1.54, 1.807) is 7.05 Å². The zero-order valence-corrected chi connectivity index (χ0v) is 12.9. The molecule has 2 N–H and O–H groups in total. The first-order chi connectivity index (χ1) is 8.56. The highest BCUT2D eigenvalue weighted by molar-refractivity contribution is 7.99. The highest BCUT2D eigenvalue weighted by atomic mass is 32.2. The standard InChI is InChI=1S/C11H25N3O2S2/c1-12-6-3-7-14(2)18(15,16)13-10-11-4-8-17-9-5-11/h11-13H,3-10H2,1-2H3. The van der Waals surface area contributed by atoms with Crippen LogP contribution in [-0.4, -0.2) is 58.0 Å². The summed E-state index contributed by atoms with van der Waals surface area (Å²) >= 11 is 1.96. The monoisotopic (exact) mass is 295 g/mol. The third-order valence-electron chi connectivity index (χ3n) is 3.21. The fourth-order valence-corrected chi connectivity index (χ4v) is 4.12. The predicted octanol–water partition coefficient (Wildman–Crippen LogP) is 0.505. The molecule has 5 nitrogen and oxygen atoms in total. The maximum absolute atomic E-state index is 12.0. The lowest BCUT2D eigenvalue weighted by Gasteiger charge is -2.23. The summed E-state index contributed by atoms with van der Waals surface area (Å²) in [5.41, 5.74) is 0. The second-order valence-corrected chi connectivity index (χ2v) is 7.77. The van der Waals surface area contributed by atoms with Gasteiger partial charge in [-0.05, 0) is 50.3 Å². The van der Waals surface area contributed by atoms with Gasteiger partial charge in [-0.1, -0.05) is 0 Å². The molecule has 0 radical (unpaired) electrons. The predicted molar refractivity (Wildman–Crippen MR) is 78.1 cm³/mol. The lowest BCUT2D eigenvalue weighted by atomic mass is 10.0. The molecule has 0 aromatic rings. The summed E-state index contributed by atoms with van der Waals surface area (Å²) in [4.78, 5) is 0. The average molecular weight is 295 g/mol. The quantitative estimate of drug-likeness (QED) is 0.640. The first-order valence-electron chi connectivity index (χ1n) is 6.49. The van der Waals surface area contributed by atoms with Crippen molar-refractivity contribution in [2.75, 3.05) is 45.2 Å². The van der Waals surface area contributed by atoms with Crippen LogP contribution in [0.1, 0.15) is 19.3 Å². The molecule has 1 heterocycles. The van der Waals surface area contributed by atoms with Crippen molar-refractivity contribution in [1.29, 1.82) is 0 Å². The molecule has 1 aliphatic heterocycles. The normalized spacial score (nSPS) is 18.4. The van der Waals surface area contributed by atoms with Crippen LogP contribution in [0.3, 0.4) is 0 Å². The number of hydrogen-bond acceptors (Lipinski definition) is 4. The summed E-state index contributed by atoms with van der Waals surface area (Å²) in [7, 11) is 0.211. The average Bonchev–Trinajstić information content (AvgIpc) is 2.38. The first-order valence-corrected chi connectivity index (χ1v) is 9.09. The summed E-state index contributed by atoms with van der Waals surface area (Å²) in [6.45, 7) is 1.97. The Balaban J connectivity index is 2.28. The summed E-state index contributed by atoms with van der Waals surface area (Å²) in [5, 5.41) is 3.01. The van der Waals surface area contributed by atoms with Crippen LogP contribution in [0, 0.1) is 5.92 Å². The molecule has 0 bridgehead atoms. The van der Waals surface area contributed by atoms with Crippen LogP contribution in [-0.2, 0) is 10.2 Å². The number of hydrogen-bond donors (Lipinski definition) is 2. The molecule has 1 fully saturated rings. The van der Waals surface area contributed by atoms with E-state index in [4.69, 9.17) is 0 Å². The number of nitrogens with one attached hydrogen (secondary N) is 2. The molecule has 7 heteroatoms. The number of nitrogens with zero attached hydrogens (tertiary/aromatic N) is 1. The van der Waals surface area contributed by atoms with Crippen LogP contribution in [0.15, 0.2) is 0 Å². The fraction of sp³-hybridized carbons (Fsp3) is 1.00. The highest BCUT2D eigenvalue weighted by Crippen LogP contribution is 2.22. The van der Waals surface area contributed by atoms with Crippen LogP contribution >= 0.6 is 11.8 Å². The van der Waals surface area contributed by atoms with E-state index in [0.29, 0.717) is 19.0 Å². The van der Waals surface area contributed by atoms with Crippen molar-refractivity contribution in [1.82, 2.24) is 14.3 Å². The minimum absolute atomic E-state index is 0.506. The van der Waals surface area contributed by atoms with Crippen molar-refractivity contribution < 1.29 is 8.42 Å². The third-order valence-corrected chi connectivity index (χ3v) is 5.79. The van der Waals surface area contributed by atoms with E-state index in [2.05, 4.69) is 10.0 Å². The molecule has 0 aliphatic carbocycles. The number of thioether (sulfide) groups is 1. The Bertz CT molecular complexity index is 316. The first kappa shape index (κ1) is 16.2. The van der Waals surface area contributed by atoms with E-state index < -0.39 is 10.2 Å². The molecule has 0 amide bonds. The smallest absolute Gasteiger partial charge is 0.279 e. The Kier molecular flexibility index (Phi) is 7.55. The molecule has 18 heavy (non-hydrogen) atoms. The summed E-state index contributed by atoms with van der Waals surface area (Å²) in [5.74, 6) is 2.82. The van der Waals surface area contributed by atoms with Gasteiger partial charge in [-0.3, -0.25) is 0 Å². The van der Waals surface area contributed by atoms with Crippen LogP contribution < -0.4 is 10.0 Å². The van der Waals surface area contributed by atoms with Gasteiger partial charge in [-0.25, -0.2) is 4.72 Å². The lowest BCUT2D eigenvalue weighted by molar-refractivity contribution is 0.428. The van der Waals surface area contributed by atoms with Crippen molar-refractivity contribution in [2.45, 2.75) is 19.3 Å². The van der Waals surface area contributed by atoms with Crippen molar-refractivity contribution in [3.8, 4) is 0 Å². The van der Waals surface area contributed by atoms with Gasteiger partial charge in [0.1, 0.15) is 0 Å². The Morgan fingerprint density at radius 2 is 2.00 bits per heavy atom. The van der Waals surface area contributed by atoms with E-state index >= 15 is 0 Å². The zero-order chi connectivity index (χ0) is 13.4. The topological polar surface area (TPSA) is 61.4 Å². The molecular weight excluding hydrogens is 270 g/mol. The molecule has 0 aromatic carbocycles. The molecule has 0 unspecified atom stereocenters. The number of rotatable bonds is 8. The second-order valence-electron chi connectivity index (χ2n) is 4.69. The van der Waals surface area contributed by atoms with E-state index in [9.17, 15) is 8.42 Å². The highest BCUT2D eigenvalue weighted by Gasteiger charge is 2.20. The zero-order valence-electron chi connectivity index (χ0n) is 11.3. The minimum atomic E-state index is -3.29. The van der Waals surface area contributed by atoms with Crippen molar-refractivity contribution in [3.05, 3.63) is 0 Å². The largest absolute Gasteiger partial charge is 0.320 e. The van der Waals surface area contributed by atoms with Gasteiger partial charge in [-0.2, -0.15) is 24.5 Å². The molecular formula is C11H25N3O2S2. The van der Waals surface area contributed by atoms with Gasteiger partial charge in [0.2, 0.25) is 0 Å². The van der Waals surface area contributed by atoms with Gasteiger partial charge < -0.3 is 5.32 Å². The van der Waals surface area contributed by atoms with Gasteiger partial charge in [0.15, 0.2) is 0 Å².